The first kappa shape index (κ1) is 108. The normalized spacial score (nSPS) is 15.0. The highest BCUT2D eigenvalue weighted by molar-refractivity contribution is 6.51. The second kappa shape index (κ2) is 49.1. The Morgan fingerprint density at radius 3 is 0.822 bits per heavy atom. The Balaban J connectivity index is 0.000000202. The third kappa shape index (κ3) is 24.5. The van der Waals surface area contributed by atoms with Gasteiger partial charge in [0.25, 0.3) is 22.2 Å². The van der Waals surface area contributed by atoms with E-state index in [1.54, 1.807) is 0 Å². The van der Waals surface area contributed by atoms with Gasteiger partial charge >= 0.3 is 0 Å². The van der Waals surface area contributed by atoms with Crippen LogP contribution in [0, 0.1) is 58.3 Å². The second-order valence-electron chi connectivity index (χ2n) is 38.6. The van der Waals surface area contributed by atoms with Gasteiger partial charge in [0.05, 0.1) is 68.4 Å². The van der Waals surface area contributed by atoms with Crippen LogP contribution in [-0.4, -0.2) is 137 Å². The van der Waals surface area contributed by atoms with E-state index in [9.17, 15) is 19.2 Å². The van der Waals surface area contributed by atoms with Gasteiger partial charge in [-0.2, -0.15) is 39.1 Å². The van der Waals surface area contributed by atoms with Gasteiger partial charge in [-0.05, 0) is 266 Å². The van der Waals surface area contributed by atoms with Crippen molar-refractivity contribution < 1.29 is 0 Å². The number of benzene rings is 4. The molecule has 0 radical (unpaired) electrons. The molecule has 0 aliphatic carbocycles. The Morgan fingerprint density at radius 1 is 0.289 bits per heavy atom. The summed E-state index contributed by atoms with van der Waals surface area (Å²) in [6.45, 7) is 77.5. The fourth-order valence-electron chi connectivity index (χ4n) is 17.8. The minimum atomic E-state index is -0.103. The molecule has 12 rings (SSSR count). The van der Waals surface area contributed by atoms with Crippen LogP contribution in [0.4, 0.5) is 45.5 Å². The quantitative estimate of drug-likeness (QED) is 0.0328. The summed E-state index contributed by atoms with van der Waals surface area (Å²) < 4.78 is 5.97. The van der Waals surface area contributed by atoms with Gasteiger partial charge in [-0.25, -0.2) is 39.9 Å². The molecule has 0 saturated heterocycles. The van der Waals surface area contributed by atoms with Crippen LogP contribution in [0.3, 0.4) is 0 Å². The van der Waals surface area contributed by atoms with E-state index in [1.165, 1.54) is 60.7 Å². The Hall–Kier alpha value is -11.0. The molecule has 4 aromatic carbocycles. The molecule has 8 aromatic rings. The van der Waals surface area contributed by atoms with E-state index in [0.717, 1.165) is 241 Å². The first-order valence-electron chi connectivity index (χ1n) is 51.1. The van der Waals surface area contributed by atoms with Crippen molar-refractivity contribution in [1.29, 1.82) is 0 Å². The second-order valence-corrected chi connectivity index (χ2v) is 38.6. The molecule has 3 unspecified atom stereocenters. The lowest BCUT2D eigenvalue weighted by Crippen LogP contribution is -2.28. The van der Waals surface area contributed by atoms with Gasteiger partial charge in [0.1, 0.15) is 22.8 Å². The molecule has 0 fully saturated rings. The van der Waals surface area contributed by atoms with Gasteiger partial charge < -0.3 is 19.6 Å². The predicted octanol–water partition coefficient (Wildman–Crippen LogP) is 24.9. The summed E-state index contributed by atoms with van der Waals surface area (Å²) >= 11 is 0. The van der Waals surface area contributed by atoms with Crippen molar-refractivity contribution in [2.45, 2.75) is 342 Å². The molecule has 0 spiro atoms. The highest BCUT2D eigenvalue weighted by Crippen LogP contribution is 2.36. The first-order valence-corrected chi connectivity index (χ1v) is 51.1. The molecule has 4 aromatic heterocycles. The number of aliphatic imine (C=N–C) groups is 4. The van der Waals surface area contributed by atoms with Crippen molar-refractivity contribution in [3.05, 3.63) is 205 Å². The summed E-state index contributed by atoms with van der Waals surface area (Å²) in [6, 6.07) is 25.5. The van der Waals surface area contributed by atoms with Crippen LogP contribution in [0.15, 0.2) is 132 Å². The van der Waals surface area contributed by atoms with Gasteiger partial charge in [-0.1, -0.05) is 177 Å². The van der Waals surface area contributed by atoms with E-state index < -0.39 is 0 Å². The summed E-state index contributed by atoms with van der Waals surface area (Å²) in [7, 11) is 0. The van der Waals surface area contributed by atoms with E-state index in [4.69, 9.17) is 55.2 Å². The largest absolute Gasteiger partial charge is 0.372 e. The molecule has 0 saturated carbocycles. The summed E-state index contributed by atoms with van der Waals surface area (Å²) in [5.74, 6) is 3.64. The Labute approximate surface area is 807 Å². The van der Waals surface area contributed by atoms with Crippen molar-refractivity contribution in [1.82, 2.24) is 38.6 Å². The monoisotopic (exact) mass is 1840 g/mol. The number of fused-ring (bicyclic) bond motifs is 4. The number of hydrogen-bond donors (Lipinski definition) is 0. The maximum Gasteiger partial charge on any atom is 0.278 e. The fourth-order valence-corrected chi connectivity index (χ4v) is 17.8. The van der Waals surface area contributed by atoms with Crippen LogP contribution in [0.5, 0.6) is 0 Å². The topological polar surface area (TPSA) is 251 Å². The Morgan fingerprint density at radius 2 is 0.548 bits per heavy atom. The maximum absolute atomic E-state index is 13.7. The molecule has 0 bridgehead atoms. The lowest BCUT2D eigenvalue weighted by Gasteiger charge is -2.21. The van der Waals surface area contributed by atoms with E-state index in [0.29, 0.717) is 34.6 Å². The van der Waals surface area contributed by atoms with Gasteiger partial charge in [-0.15, -0.1) is 0 Å². The van der Waals surface area contributed by atoms with Crippen molar-refractivity contribution in [2.75, 3.05) is 72.0 Å². The minimum absolute atomic E-state index is 0.0313. The number of aryl methyl sites for hydroxylation is 4. The lowest BCUT2D eigenvalue weighted by molar-refractivity contribution is 0.618. The molecule has 24 nitrogen and oxygen atoms in total. The van der Waals surface area contributed by atoms with E-state index in [2.05, 4.69) is 305 Å². The molecular formula is C111H162N20O4. The molecule has 730 valence electrons. The average molecular weight is 1840 g/mol. The van der Waals surface area contributed by atoms with Crippen molar-refractivity contribution in [2.24, 2.45) is 64.0 Å². The Bertz CT molecular complexity index is 6000. The third-order valence-corrected chi connectivity index (χ3v) is 26.7. The average Bonchev–Trinajstić information content (AvgIpc) is 1.61. The molecule has 24 heteroatoms. The summed E-state index contributed by atoms with van der Waals surface area (Å²) in [4.78, 5) is 103. The van der Waals surface area contributed by atoms with E-state index in [-0.39, 0.29) is 75.5 Å². The maximum atomic E-state index is 13.7. The van der Waals surface area contributed by atoms with Gasteiger partial charge in [-0.3, -0.25) is 19.2 Å². The van der Waals surface area contributed by atoms with Crippen LogP contribution in [0.2, 0.25) is 0 Å². The number of rotatable bonds is 38. The summed E-state index contributed by atoms with van der Waals surface area (Å²) in [6.07, 6.45) is 13.3. The smallest absolute Gasteiger partial charge is 0.278 e. The van der Waals surface area contributed by atoms with Crippen LogP contribution in [0.1, 0.15) is 385 Å². The Kier molecular flexibility index (Phi) is 39.2. The van der Waals surface area contributed by atoms with Crippen LogP contribution >= 0.6 is 0 Å². The number of aromatic nitrogens is 8. The van der Waals surface area contributed by atoms with Crippen molar-refractivity contribution in [3.8, 4) is 0 Å². The highest BCUT2D eigenvalue weighted by Gasteiger charge is 2.37. The standard InChI is InChI=1S/C30H45N5O.C29H43N5O.C27H39N5O.C25H35N5O/c1-9-12-13-14-15-16-24-26(20(4)5)32-29-28(27(21(6)7)33-35(29)30(24)36)31-25-18-17-23(19-22(25)8)34(10-2)11-3;1-9-13-14-15-23-25(19(5)6)31-28-27(26(20(7)10-2)32-34(28)29(23)35)30-24-17-16-22(18-21(24)8)33(11-3)12-4;1-10-18(8)24-25(28-21-14-13-20(15-19(21)9)31(11-2)12-3)26-29-23(17(6)7)22(16(4)5)27(33)32(26)30-24;1-9-16(6)22-23(24-27-21(15(4)5)18(8)25(31)30(24)28-22)26-20-13-12-19(14-17(20)7)29(10-2)11-3/h17-21H,9-16H2,1-8H3;16-20H,9-15H2,1-8H3;13-18H,10-12H2,1-9H3;12-16H,9-11H2,1-8H3. The van der Waals surface area contributed by atoms with Gasteiger partial charge in [0, 0.05) is 115 Å². The molecule has 4 aliphatic heterocycles. The SMILES string of the molecule is CCC(C)C1=Nn2c(nc(C(C)C)c(C(C)C)c2=O)C1=Nc1ccc(N(CC)CC)cc1C.CCC(C)C1=Nn2c(nc(C(C)C)c(C)c2=O)C1=Nc1ccc(N(CC)CC)cc1C.CCCCCCCc1c(C(C)C)nc2n(c1=O)N=C(C(C)C)C2=Nc1ccc(N(CC)CC)cc1C.CCCCCc1c(C(C)C)nc2n(c1=O)N=C(C(C)CC)C2=Nc1ccc(N(CC)CC)cc1C. The van der Waals surface area contributed by atoms with Gasteiger partial charge in [0.15, 0.2) is 23.3 Å². The number of hydrogen-bond acceptors (Lipinski definition) is 20. The third-order valence-electron chi connectivity index (χ3n) is 26.7. The zero-order valence-corrected chi connectivity index (χ0v) is 88.6. The number of anilines is 4. The molecule has 3 atom stereocenters. The van der Waals surface area contributed by atoms with E-state index in [1.807, 2.05) is 20.8 Å². The zero-order chi connectivity index (χ0) is 99.4. The van der Waals surface area contributed by atoms with Gasteiger partial charge in [0.2, 0.25) is 0 Å². The summed E-state index contributed by atoms with van der Waals surface area (Å²) in [5, 5.41) is 19.0. The lowest BCUT2D eigenvalue weighted by atomic mass is 9.95. The molecule has 8 heterocycles. The van der Waals surface area contributed by atoms with Crippen LogP contribution < -0.4 is 41.8 Å². The molecule has 0 N–H and O–H groups in total. The molecule has 0 amide bonds. The van der Waals surface area contributed by atoms with Crippen molar-refractivity contribution in [3.63, 3.8) is 0 Å². The van der Waals surface area contributed by atoms with E-state index >= 15 is 0 Å². The molecular weight excluding hydrogens is 1680 g/mol. The predicted molar refractivity (Wildman–Crippen MR) is 573 cm³/mol. The summed E-state index contributed by atoms with van der Waals surface area (Å²) in [5.41, 5.74) is 25.2. The first-order chi connectivity index (χ1) is 64.4. The van der Waals surface area contributed by atoms with Crippen LogP contribution in [0.25, 0.3) is 0 Å². The van der Waals surface area contributed by atoms with Crippen molar-refractivity contribution >= 4 is 91.2 Å². The molecule has 4 aliphatic rings. The zero-order valence-electron chi connectivity index (χ0n) is 88.6. The van der Waals surface area contributed by atoms with Crippen LogP contribution in [-0.2, 0) is 12.8 Å². The number of nitrogens with zero attached hydrogens (tertiary/aromatic N) is 20. The number of unbranched alkanes of at least 4 members (excludes halogenated alkanes) is 6. The molecule has 135 heavy (non-hydrogen) atoms. The minimum Gasteiger partial charge on any atom is -0.372 e. The fraction of sp³-hybridized carbons (Fsp3) is 0.568. The highest BCUT2D eigenvalue weighted by atomic mass is 16.2.